The number of fused-ring (bicyclic) bond motifs is 1. The third-order valence-corrected chi connectivity index (χ3v) is 5.41. The first kappa shape index (κ1) is 17.5. The van der Waals surface area contributed by atoms with Crippen LogP contribution in [0.3, 0.4) is 0 Å². The zero-order chi connectivity index (χ0) is 19.8. The van der Waals surface area contributed by atoms with Gasteiger partial charge in [-0.2, -0.15) is 5.10 Å². The second kappa shape index (κ2) is 7.08. The quantitative estimate of drug-likeness (QED) is 0.490. The van der Waals surface area contributed by atoms with Crippen molar-refractivity contribution in [1.29, 1.82) is 0 Å². The van der Waals surface area contributed by atoms with Crippen molar-refractivity contribution in [2.45, 2.75) is 38.1 Å². The van der Waals surface area contributed by atoms with E-state index in [1.54, 1.807) is 18.3 Å². The molecule has 4 aromatic rings. The van der Waals surface area contributed by atoms with Gasteiger partial charge in [0.05, 0.1) is 11.6 Å². The van der Waals surface area contributed by atoms with Crippen LogP contribution in [0.5, 0.6) is 0 Å². The molecule has 0 saturated heterocycles. The van der Waals surface area contributed by atoms with Gasteiger partial charge in [0.1, 0.15) is 5.39 Å². The lowest BCUT2D eigenvalue weighted by molar-refractivity contribution is 0.338. The van der Waals surface area contributed by atoms with Crippen molar-refractivity contribution < 1.29 is 4.52 Å². The SMILES string of the molecule is O=c1[nH]c(-c2ccc(Nc3nn(C4CCCCC4)c4cc[nH]c(=O)c34)cc2)no1. The maximum Gasteiger partial charge on any atom is 0.439 e. The number of aromatic nitrogens is 5. The van der Waals surface area contributed by atoms with Crippen LogP contribution in [0.4, 0.5) is 11.5 Å². The van der Waals surface area contributed by atoms with Gasteiger partial charge < -0.3 is 10.3 Å². The second-order valence-corrected chi connectivity index (χ2v) is 7.30. The maximum atomic E-state index is 12.5. The van der Waals surface area contributed by atoms with Gasteiger partial charge >= 0.3 is 5.76 Å². The lowest BCUT2D eigenvalue weighted by Crippen LogP contribution is -2.14. The van der Waals surface area contributed by atoms with Gasteiger partial charge in [0, 0.05) is 17.4 Å². The average molecular weight is 392 g/mol. The molecule has 3 aromatic heterocycles. The third-order valence-electron chi connectivity index (χ3n) is 5.41. The first-order chi connectivity index (χ1) is 14.2. The Morgan fingerprint density at radius 1 is 1.07 bits per heavy atom. The molecule has 1 aliphatic rings. The molecule has 1 fully saturated rings. The van der Waals surface area contributed by atoms with Gasteiger partial charge in [-0.3, -0.25) is 19.0 Å². The lowest BCUT2D eigenvalue weighted by Gasteiger charge is -2.22. The summed E-state index contributed by atoms with van der Waals surface area (Å²) in [5.74, 6) is 0.307. The molecule has 3 N–H and O–H groups in total. The molecule has 0 radical (unpaired) electrons. The van der Waals surface area contributed by atoms with E-state index in [4.69, 9.17) is 5.10 Å². The van der Waals surface area contributed by atoms with E-state index in [1.807, 2.05) is 22.9 Å². The second-order valence-electron chi connectivity index (χ2n) is 7.30. The van der Waals surface area contributed by atoms with Crippen LogP contribution in [-0.4, -0.2) is 24.9 Å². The summed E-state index contributed by atoms with van der Waals surface area (Å²) >= 11 is 0. The van der Waals surface area contributed by atoms with E-state index in [2.05, 4.69) is 25.0 Å². The van der Waals surface area contributed by atoms with E-state index < -0.39 is 5.76 Å². The number of H-pyrrole nitrogens is 2. The number of rotatable bonds is 4. The monoisotopic (exact) mass is 392 g/mol. The molecule has 3 heterocycles. The van der Waals surface area contributed by atoms with Crippen LogP contribution in [0.25, 0.3) is 22.3 Å². The standard InChI is InChI=1S/C20H20N6O3/c27-19-16-15(10-11-21-19)26(14-4-2-1-3-5-14)24-18(16)22-13-8-6-12(7-9-13)17-23-20(28)29-25-17/h6-11,14H,1-5H2,(H,21,27)(H,22,24)(H,23,25,28). The Morgan fingerprint density at radius 2 is 1.86 bits per heavy atom. The highest BCUT2D eigenvalue weighted by Gasteiger charge is 2.22. The number of anilines is 2. The fraction of sp³-hybridized carbons (Fsp3) is 0.300. The molecule has 0 amide bonds. The number of nitrogens with zero attached hydrogens (tertiary/aromatic N) is 3. The van der Waals surface area contributed by atoms with E-state index in [-0.39, 0.29) is 5.56 Å². The van der Waals surface area contributed by atoms with E-state index in [0.717, 1.165) is 29.6 Å². The minimum Gasteiger partial charge on any atom is -0.338 e. The molecule has 0 aliphatic heterocycles. The highest BCUT2D eigenvalue weighted by atomic mass is 16.5. The highest BCUT2D eigenvalue weighted by Crippen LogP contribution is 2.33. The fourth-order valence-corrected chi connectivity index (χ4v) is 3.99. The van der Waals surface area contributed by atoms with Gasteiger partial charge in [0.25, 0.3) is 5.56 Å². The van der Waals surface area contributed by atoms with Crippen LogP contribution in [0.15, 0.2) is 50.6 Å². The molecule has 5 rings (SSSR count). The molecular formula is C20H20N6O3. The number of aromatic amines is 2. The van der Waals surface area contributed by atoms with Gasteiger partial charge in [0.15, 0.2) is 11.6 Å². The number of pyridine rings is 1. The van der Waals surface area contributed by atoms with Crippen molar-refractivity contribution in [3.05, 3.63) is 57.4 Å². The topological polar surface area (TPSA) is 122 Å². The normalized spacial score (nSPS) is 15.0. The summed E-state index contributed by atoms with van der Waals surface area (Å²) in [6, 6.07) is 9.51. The summed E-state index contributed by atoms with van der Waals surface area (Å²) in [6.07, 6.45) is 7.45. The van der Waals surface area contributed by atoms with Crippen LogP contribution >= 0.6 is 0 Å². The van der Waals surface area contributed by atoms with Crippen LogP contribution in [-0.2, 0) is 0 Å². The molecule has 9 heteroatoms. The Bertz CT molecular complexity index is 1260. The largest absolute Gasteiger partial charge is 0.439 e. The molecule has 0 atom stereocenters. The Labute approximate surface area is 164 Å². The predicted molar refractivity (Wildman–Crippen MR) is 108 cm³/mol. The Morgan fingerprint density at radius 3 is 2.59 bits per heavy atom. The number of hydrogen-bond donors (Lipinski definition) is 3. The molecule has 0 bridgehead atoms. The maximum absolute atomic E-state index is 12.5. The first-order valence-corrected chi connectivity index (χ1v) is 9.72. The lowest BCUT2D eigenvalue weighted by atomic mass is 9.95. The number of nitrogens with one attached hydrogen (secondary N) is 3. The van der Waals surface area contributed by atoms with Crippen molar-refractivity contribution >= 4 is 22.4 Å². The molecule has 1 aliphatic carbocycles. The summed E-state index contributed by atoms with van der Waals surface area (Å²) in [5, 5.41) is 12.3. The zero-order valence-electron chi connectivity index (χ0n) is 15.6. The number of hydrogen-bond acceptors (Lipinski definition) is 6. The van der Waals surface area contributed by atoms with Gasteiger partial charge in [-0.15, -0.1) is 0 Å². The van der Waals surface area contributed by atoms with Crippen molar-refractivity contribution in [1.82, 2.24) is 24.9 Å². The summed E-state index contributed by atoms with van der Waals surface area (Å²) in [6.45, 7) is 0. The summed E-state index contributed by atoms with van der Waals surface area (Å²) < 4.78 is 6.54. The van der Waals surface area contributed by atoms with E-state index >= 15 is 0 Å². The minimum absolute atomic E-state index is 0.163. The Kier molecular flexibility index (Phi) is 4.27. The molecule has 1 saturated carbocycles. The molecule has 0 spiro atoms. The van der Waals surface area contributed by atoms with Gasteiger partial charge in [-0.1, -0.05) is 24.4 Å². The average Bonchev–Trinajstić information content (AvgIpc) is 3.34. The summed E-state index contributed by atoms with van der Waals surface area (Å²) in [7, 11) is 0. The van der Waals surface area contributed by atoms with Gasteiger partial charge in [-0.05, 0) is 43.2 Å². The van der Waals surface area contributed by atoms with E-state index in [0.29, 0.717) is 23.1 Å². The van der Waals surface area contributed by atoms with E-state index in [1.165, 1.54) is 19.3 Å². The predicted octanol–water partition coefficient (Wildman–Crippen LogP) is 3.32. The summed E-state index contributed by atoms with van der Waals surface area (Å²) in [5.41, 5.74) is 2.18. The molecule has 148 valence electrons. The van der Waals surface area contributed by atoms with Crippen LogP contribution in [0.2, 0.25) is 0 Å². The van der Waals surface area contributed by atoms with Gasteiger partial charge in [0.2, 0.25) is 0 Å². The van der Waals surface area contributed by atoms with Crippen molar-refractivity contribution in [2.75, 3.05) is 5.32 Å². The van der Waals surface area contributed by atoms with Crippen LogP contribution in [0, 0.1) is 0 Å². The molecule has 1 aromatic carbocycles. The zero-order valence-corrected chi connectivity index (χ0v) is 15.6. The molecule has 0 unspecified atom stereocenters. The minimum atomic E-state index is -0.596. The van der Waals surface area contributed by atoms with E-state index in [9.17, 15) is 9.59 Å². The Hall–Kier alpha value is -3.62. The summed E-state index contributed by atoms with van der Waals surface area (Å²) in [4.78, 5) is 28.9. The third kappa shape index (κ3) is 3.24. The van der Waals surface area contributed by atoms with Crippen molar-refractivity contribution in [3.63, 3.8) is 0 Å². The number of benzene rings is 1. The first-order valence-electron chi connectivity index (χ1n) is 9.72. The van der Waals surface area contributed by atoms with Crippen LogP contribution < -0.4 is 16.6 Å². The molecular weight excluding hydrogens is 372 g/mol. The van der Waals surface area contributed by atoms with Crippen molar-refractivity contribution in [3.8, 4) is 11.4 Å². The fourth-order valence-electron chi connectivity index (χ4n) is 3.99. The molecule has 29 heavy (non-hydrogen) atoms. The van der Waals surface area contributed by atoms with Crippen LogP contribution in [0.1, 0.15) is 38.1 Å². The molecule has 9 nitrogen and oxygen atoms in total. The Balaban J connectivity index is 1.50. The smallest absolute Gasteiger partial charge is 0.338 e. The van der Waals surface area contributed by atoms with Gasteiger partial charge in [-0.25, -0.2) is 4.79 Å². The highest BCUT2D eigenvalue weighted by molar-refractivity contribution is 5.91. The van der Waals surface area contributed by atoms with Crippen molar-refractivity contribution in [2.24, 2.45) is 0 Å².